The second-order valence-electron chi connectivity index (χ2n) is 6.95. The quantitative estimate of drug-likeness (QED) is 0.696. The highest BCUT2D eigenvalue weighted by molar-refractivity contribution is 7.89. The Morgan fingerprint density at radius 2 is 1.53 bits per heavy atom. The molecule has 1 saturated heterocycles. The third-order valence-electron chi connectivity index (χ3n) is 5.04. The van der Waals surface area contributed by atoms with E-state index in [9.17, 15) is 13.2 Å². The molecule has 9 heteroatoms. The average molecular weight is 426 g/mol. The predicted octanol–water partition coefficient (Wildman–Crippen LogP) is 3.06. The van der Waals surface area contributed by atoms with Gasteiger partial charge in [0, 0.05) is 26.2 Å². The van der Waals surface area contributed by atoms with Crippen molar-refractivity contribution < 1.29 is 13.2 Å². The number of nitrogens with one attached hydrogen (secondary N) is 1. The highest BCUT2D eigenvalue weighted by Crippen LogP contribution is 2.27. The van der Waals surface area contributed by atoms with E-state index in [4.69, 9.17) is 0 Å². The van der Waals surface area contributed by atoms with E-state index in [-0.39, 0.29) is 17.6 Å². The third kappa shape index (κ3) is 4.07. The van der Waals surface area contributed by atoms with E-state index in [1.807, 2.05) is 60.7 Å². The number of para-hydroxylation sites is 2. The molecule has 2 heterocycles. The van der Waals surface area contributed by atoms with Gasteiger partial charge >= 0.3 is 6.03 Å². The van der Waals surface area contributed by atoms with Crippen molar-refractivity contribution in [1.82, 2.24) is 19.2 Å². The second-order valence-corrected chi connectivity index (χ2v) is 8.86. The SMILES string of the molecule is O=C(N1CCCN(S(=O)(=O)c2cnc[nH]2)CC1)N(c1ccccc1)c1ccccc1. The highest BCUT2D eigenvalue weighted by atomic mass is 32.2. The van der Waals surface area contributed by atoms with Crippen LogP contribution in [0.1, 0.15) is 6.42 Å². The van der Waals surface area contributed by atoms with Gasteiger partial charge in [0.2, 0.25) is 0 Å². The summed E-state index contributed by atoms with van der Waals surface area (Å²) >= 11 is 0. The summed E-state index contributed by atoms with van der Waals surface area (Å²) in [5.41, 5.74) is 1.53. The van der Waals surface area contributed by atoms with E-state index >= 15 is 0 Å². The van der Waals surface area contributed by atoms with Crippen LogP contribution in [0.25, 0.3) is 0 Å². The zero-order chi connectivity index (χ0) is 21.0. The van der Waals surface area contributed by atoms with Crippen LogP contribution in [0.15, 0.2) is 78.2 Å². The molecule has 2 amide bonds. The van der Waals surface area contributed by atoms with Crippen LogP contribution < -0.4 is 4.90 Å². The number of imidazole rings is 1. The monoisotopic (exact) mass is 425 g/mol. The molecule has 30 heavy (non-hydrogen) atoms. The Balaban J connectivity index is 1.56. The Bertz CT molecular complexity index is 1030. The first-order valence-electron chi connectivity index (χ1n) is 9.75. The zero-order valence-electron chi connectivity index (χ0n) is 16.4. The van der Waals surface area contributed by atoms with E-state index in [0.29, 0.717) is 26.1 Å². The zero-order valence-corrected chi connectivity index (χ0v) is 17.2. The standard InChI is InChI=1S/C21H23N5O3S/c27-21(26(18-8-3-1-4-9-18)19-10-5-2-6-11-19)24-12-7-13-25(15-14-24)30(28,29)20-16-22-17-23-20/h1-6,8-11,16-17H,7,12-15H2,(H,22,23). The summed E-state index contributed by atoms with van der Waals surface area (Å²) in [7, 11) is -3.65. The van der Waals surface area contributed by atoms with Crippen molar-refractivity contribution >= 4 is 27.4 Å². The normalized spacial score (nSPS) is 15.5. The van der Waals surface area contributed by atoms with Crippen molar-refractivity contribution in [3.8, 4) is 0 Å². The van der Waals surface area contributed by atoms with Crippen LogP contribution in [-0.2, 0) is 10.0 Å². The first-order chi connectivity index (χ1) is 14.6. The lowest BCUT2D eigenvalue weighted by molar-refractivity contribution is 0.210. The maximum absolute atomic E-state index is 13.5. The van der Waals surface area contributed by atoms with E-state index in [0.717, 1.165) is 11.4 Å². The van der Waals surface area contributed by atoms with E-state index in [1.54, 1.807) is 9.80 Å². The summed E-state index contributed by atoms with van der Waals surface area (Å²) in [6.45, 7) is 1.36. The van der Waals surface area contributed by atoms with Crippen LogP contribution in [0.2, 0.25) is 0 Å². The smallest absolute Gasteiger partial charge is 0.329 e. The first kappa shape index (κ1) is 20.1. The molecule has 3 aromatic rings. The van der Waals surface area contributed by atoms with Crippen LogP contribution in [0.3, 0.4) is 0 Å². The number of rotatable bonds is 4. The van der Waals surface area contributed by atoms with Gasteiger partial charge in [-0.1, -0.05) is 36.4 Å². The number of H-pyrrole nitrogens is 1. The number of carbonyl (C=O) groups excluding carboxylic acids is 1. The van der Waals surface area contributed by atoms with Crippen LogP contribution >= 0.6 is 0 Å². The minimum absolute atomic E-state index is 0.0671. The number of aromatic nitrogens is 2. The Morgan fingerprint density at radius 3 is 2.10 bits per heavy atom. The van der Waals surface area contributed by atoms with Crippen LogP contribution in [0.5, 0.6) is 0 Å². The molecule has 0 atom stereocenters. The molecule has 156 valence electrons. The maximum atomic E-state index is 13.5. The van der Waals surface area contributed by atoms with Crippen LogP contribution in [0.4, 0.5) is 16.2 Å². The van der Waals surface area contributed by atoms with Gasteiger partial charge in [-0.3, -0.25) is 4.90 Å². The first-order valence-corrected chi connectivity index (χ1v) is 11.2. The van der Waals surface area contributed by atoms with Crippen LogP contribution in [-0.4, -0.2) is 59.8 Å². The Labute approximate surface area is 175 Å². The fraction of sp³-hybridized carbons (Fsp3) is 0.238. The second kappa shape index (κ2) is 8.68. The molecule has 0 unspecified atom stereocenters. The summed E-state index contributed by atoms with van der Waals surface area (Å²) in [4.78, 5) is 23.3. The number of sulfonamides is 1. The summed E-state index contributed by atoms with van der Waals surface area (Å²) in [6.07, 6.45) is 3.20. The van der Waals surface area contributed by atoms with Crippen molar-refractivity contribution in [2.45, 2.75) is 11.4 Å². The third-order valence-corrected chi connectivity index (χ3v) is 6.86. The van der Waals surface area contributed by atoms with Crippen molar-refractivity contribution in [2.75, 3.05) is 31.1 Å². The van der Waals surface area contributed by atoms with Gasteiger partial charge in [-0.15, -0.1) is 0 Å². The minimum atomic E-state index is -3.65. The molecule has 1 aromatic heterocycles. The number of urea groups is 1. The lowest BCUT2D eigenvalue weighted by Gasteiger charge is -2.30. The Kier molecular flexibility index (Phi) is 5.82. The van der Waals surface area contributed by atoms with Crippen molar-refractivity contribution in [2.24, 2.45) is 0 Å². The van der Waals surface area contributed by atoms with Crippen molar-refractivity contribution in [3.05, 3.63) is 73.2 Å². The van der Waals surface area contributed by atoms with Gasteiger partial charge in [-0.05, 0) is 30.7 Å². The summed E-state index contributed by atoms with van der Waals surface area (Å²) < 4.78 is 27.0. The molecular weight excluding hydrogens is 402 g/mol. The van der Waals surface area contributed by atoms with Gasteiger partial charge in [0.25, 0.3) is 10.0 Å². The van der Waals surface area contributed by atoms with Gasteiger partial charge in [0.05, 0.1) is 23.9 Å². The van der Waals surface area contributed by atoms with Gasteiger partial charge in [0.1, 0.15) is 0 Å². The molecule has 1 N–H and O–H groups in total. The summed E-state index contributed by atoms with van der Waals surface area (Å²) in [5, 5.41) is 0.0671. The largest absolute Gasteiger partial charge is 0.335 e. The molecule has 0 saturated carbocycles. The van der Waals surface area contributed by atoms with Crippen LogP contribution in [0, 0.1) is 0 Å². The number of amides is 2. The number of anilines is 2. The molecule has 8 nitrogen and oxygen atoms in total. The lowest BCUT2D eigenvalue weighted by Crippen LogP contribution is -2.43. The number of benzene rings is 2. The van der Waals surface area contributed by atoms with Gasteiger partial charge in [0.15, 0.2) is 5.03 Å². The van der Waals surface area contributed by atoms with Gasteiger partial charge in [-0.2, -0.15) is 4.31 Å². The molecule has 1 fully saturated rings. The summed E-state index contributed by atoms with van der Waals surface area (Å²) in [6, 6.07) is 18.7. The minimum Gasteiger partial charge on any atom is -0.335 e. The van der Waals surface area contributed by atoms with E-state index in [2.05, 4.69) is 9.97 Å². The fourth-order valence-corrected chi connectivity index (χ4v) is 4.88. The van der Waals surface area contributed by atoms with E-state index in [1.165, 1.54) is 16.8 Å². The Morgan fingerprint density at radius 1 is 0.900 bits per heavy atom. The number of hydrogen-bond donors (Lipinski definition) is 1. The number of aromatic amines is 1. The van der Waals surface area contributed by atoms with Gasteiger partial charge in [-0.25, -0.2) is 18.2 Å². The number of hydrogen-bond acceptors (Lipinski definition) is 4. The highest BCUT2D eigenvalue weighted by Gasteiger charge is 2.31. The molecule has 0 aliphatic carbocycles. The molecular formula is C21H23N5O3S. The molecule has 0 radical (unpaired) electrons. The Hall–Kier alpha value is -3.17. The maximum Gasteiger partial charge on any atom is 0.329 e. The number of carbonyl (C=O) groups is 1. The van der Waals surface area contributed by atoms with Crippen molar-refractivity contribution in [3.63, 3.8) is 0 Å². The topological polar surface area (TPSA) is 89.6 Å². The molecule has 0 bridgehead atoms. The van der Waals surface area contributed by atoms with E-state index < -0.39 is 10.0 Å². The van der Waals surface area contributed by atoms with Crippen molar-refractivity contribution in [1.29, 1.82) is 0 Å². The molecule has 4 rings (SSSR count). The molecule has 1 aliphatic heterocycles. The number of nitrogens with zero attached hydrogens (tertiary/aromatic N) is 4. The van der Waals surface area contributed by atoms with Gasteiger partial charge < -0.3 is 9.88 Å². The summed E-state index contributed by atoms with van der Waals surface area (Å²) in [5.74, 6) is 0. The molecule has 1 aliphatic rings. The fourth-order valence-electron chi connectivity index (χ4n) is 3.51. The average Bonchev–Trinajstić information content (AvgIpc) is 3.21. The predicted molar refractivity (Wildman–Crippen MR) is 114 cm³/mol. The molecule has 2 aromatic carbocycles. The molecule has 0 spiro atoms. The lowest BCUT2D eigenvalue weighted by atomic mass is 10.2.